The summed E-state index contributed by atoms with van der Waals surface area (Å²) >= 11 is 0. The SMILES string of the molecule is Cc1ccc(CNC(=O)c2ccc3nc(C)c(C)nc3c2)c(C)c1. The highest BCUT2D eigenvalue weighted by Gasteiger charge is 2.09. The molecular weight excluding hydrogens is 298 g/mol. The molecule has 3 aromatic rings. The van der Waals surface area contributed by atoms with Crippen LogP contribution in [0.3, 0.4) is 0 Å². The molecule has 0 unspecified atom stereocenters. The molecule has 0 saturated carbocycles. The predicted molar refractivity (Wildman–Crippen MR) is 96.1 cm³/mol. The Labute approximate surface area is 142 Å². The number of nitrogens with one attached hydrogen (secondary N) is 1. The van der Waals surface area contributed by atoms with Gasteiger partial charge >= 0.3 is 0 Å². The van der Waals surface area contributed by atoms with E-state index >= 15 is 0 Å². The molecule has 0 aliphatic carbocycles. The predicted octanol–water partition coefficient (Wildman–Crippen LogP) is 3.79. The smallest absolute Gasteiger partial charge is 0.251 e. The highest BCUT2D eigenvalue weighted by molar-refractivity contribution is 5.97. The van der Waals surface area contributed by atoms with E-state index in [0.29, 0.717) is 12.1 Å². The fourth-order valence-electron chi connectivity index (χ4n) is 2.69. The maximum atomic E-state index is 12.4. The van der Waals surface area contributed by atoms with Crippen molar-refractivity contribution < 1.29 is 4.79 Å². The first-order valence-electron chi connectivity index (χ1n) is 8.03. The van der Waals surface area contributed by atoms with Crippen molar-refractivity contribution in [3.05, 3.63) is 70.0 Å². The maximum Gasteiger partial charge on any atom is 0.251 e. The summed E-state index contributed by atoms with van der Waals surface area (Å²) in [5.74, 6) is -0.100. The van der Waals surface area contributed by atoms with Crippen LogP contribution in [0.5, 0.6) is 0 Å². The van der Waals surface area contributed by atoms with E-state index in [0.717, 1.165) is 28.0 Å². The van der Waals surface area contributed by atoms with Crippen LogP contribution in [-0.2, 0) is 6.54 Å². The minimum absolute atomic E-state index is 0.100. The zero-order chi connectivity index (χ0) is 17.3. The second-order valence-corrected chi connectivity index (χ2v) is 6.21. The van der Waals surface area contributed by atoms with Gasteiger partial charge in [0.2, 0.25) is 0 Å². The number of carbonyl (C=O) groups is 1. The van der Waals surface area contributed by atoms with Crippen molar-refractivity contribution in [2.45, 2.75) is 34.2 Å². The quantitative estimate of drug-likeness (QED) is 0.799. The number of aromatic nitrogens is 2. The molecule has 24 heavy (non-hydrogen) atoms. The first-order valence-corrected chi connectivity index (χ1v) is 8.03. The molecule has 2 aromatic carbocycles. The minimum Gasteiger partial charge on any atom is -0.348 e. The van der Waals surface area contributed by atoms with E-state index in [1.807, 2.05) is 19.9 Å². The largest absolute Gasteiger partial charge is 0.348 e. The highest BCUT2D eigenvalue weighted by Crippen LogP contribution is 2.15. The summed E-state index contributed by atoms with van der Waals surface area (Å²) in [5.41, 5.74) is 7.49. The van der Waals surface area contributed by atoms with Gasteiger partial charge in [-0.15, -0.1) is 0 Å². The van der Waals surface area contributed by atoms with Crippen LogP contribution >= 0.6 is 0 Å². The molecule has 0 bridgehead atoms. The van der Waals surface area contributed by atoms with E-state index in [-0.39, 0.29) is 5.91 Å². The molecule has 0 atom stereocenters. The lowest BCUT2D eigenvalue weighted by Gasteiger charge is -2.09. The molecule has 1 N–H and O–H groups in total. The fraction of sp³-hybridized carbons (Fsp3) is 0.250. The van der Waals surface area contributed by atoms with Crippen LogP contribution in [0.4, 0.5) is 0 Å². The second kappa shape index (κ2) is 6.40. The Kier molecular flexibility index (Phi) is 4.30. The van der Waals surface area contributed by atoms with Crippen molar-refractivity contribution in [1.29, 1.82) is 0 Å². The first kappa shape index (κ1) is 16.1. The van der Waals surface area contributed by atoms with Crippen LogP contribution in [-0.4, -0.2) is 15.9 Å². The maximum absolute atomic E-state index is 12.4. The summed E-state index contributed by atoms with van der Waals surface area (Å²) < 4.78 is 0. The van der Waals surface area contributed by atoms with E-state index in [1.54, 1.807) is 12.1 Å². The van der Waals surface area contributed by atoms with Crippen LogP contribution in [0.1, 0.15) is 38.4 Å². The molecule has 122 valence electrons. The fourth-order valence-corrected chi connectivity index (χ4v) is 2.69. The molecule has 0 saturated heterocycles. The van der Waals surface area contributed by atoms with Crippen molar-refractivity contribution in [2.75, 3.05) is 0 Å². The van der Waals surface area contributed by atoms with Gasteiger partial charge < -0.3 is 5.32 Å². The standard InChI is InChI=1S/C20H21N3O/c1-12-5-6-17(13(2)9-12)11-21-20(24)16-7-8-18-19(10-16)23-15(4)14(3)22-18/h5-10H,11H2,1-4H3,(H,21,24). The van der Waals surface area contributed by atoms with Gasteiger partial charge in [-0.25, -0.2) is 9.97 Å². The van der Waals surface area contributed by atoms with Gasteiger partial charge in [-0.2, -0.15) is 0 Å². The molecule has 0 aliphatic heterocycles. The van der Waals surface area contributed by atoms with E-state index in [2.05, 4.69) is 47.3 Å². The Bertz CT molecular complexity index is 932. The van der Waals surface area contributed by atoms with Crippen molar-refractivity contribution in [3.63, 3.8) is 0 Å². The number of fused-ring (bicyclic) bond motifs is 1. The third-order valence-corrected chi connectivity index (χ3v) is 4.28. The Morgan fingerprint density at radius 2 is 1.62 bits per heavy atom. The summed E-state index contributed by atoms with van der Waals surface area (Å²) in [6.07, 6.45) is 0. The van der Waals surface area contributed by atoms with Crippen LogP contribution in [0.2, 0.25) is 0 Å². The monoisotopic (exact) mass is 319 g/mol. The van der Waals surface area contributed by atoms with E-state index in [9.17, 15) is 4.79 Å². The van der Waals surface area contributed by atoms with Gasteiger partial charge in [-0.1, -0.05) is 23.8 Å². The molecule has 4 nitrogen and oxygen atoms in total. The molecule has 3 rings (SSSR count). The summed E-state index contributed by atoms with van der Waals surface area (Å²) in [5, 5.41) is 2.98. The zero-order valence-electron chi connectivity index (χ0n) is 14.5. The Morgan fingerprint density at radius 1 is 0.917 bits per heavy atom. The van der Waals surface area contributed by atoms with Crippen molar-refractivity contribution >= 4 is 16.9 Å². The van der Waals surface area contributed by atoms with Crippen LogP contribution < -0.4 is 5.32 Å². The molecule has 0 spiro atoms. The number of nitrogens with zero attached hydrogens (tertiary/aromatic N) is 2. The number of hydrogen-bond acceptors (Lipinski definition) is 3. The number of aryl methyl sites for hydroxylation is 4. The van der Waals surface area contributed by atoms with Gasteiger partial charge in [0, 0.05) is 12.1 Å². The lowest BCUT2D eigenvalue weighted by molar-refractivity contribution is 0.0951. The molecule has 1 amide bonds. The molecule has 1 heterocycles. The third kappa shape index (κ3) is 3.27. The minimum atomic E-state index is -0.100. The number of hydrogen-bond donors (Lipinski definition) is 1. The summed E-state index contributed by atoms with van der Waals surface area (Å²) in [7, 11) is 0. The topological polar surface area (TPSA) is 54.9 Å². The van der Waals surface area contributed by atoms with Crippen LogP contribution in [0, 0.1) is 27.7 Å². The Morgan fingerprint density at radius 3 is 2.33 bits per heavy atom. The number of benzene rings is 2. The lowest BCUT2D eigenvalue weighted by atomic mass is 10.1. The van der Waals surface area contributed by atoms with E-state index < -0.39 is 0 Å². The van der Waals surface area contributed by atoms with Crippen LogP contribution in [0.15, 0.2) is 36.4 Å². The molecule has 1 aromatic heterocycles. The number of carbonyl (C=O) groups excluding carboxylic acids is 1. The van der Waals surface area contributed by atoms with Crippen LogP contribution in [0.25, 0.3) is 11.0 Å². The van der Waals surface area contributed by atoms with Gasteiger partial charge in [-0.05, 0) is 57.0 Å². The van der Waals surface area contributed by atoms with E-state index in [4.69, 9.17) is 0 Å². The average molecular weight is 319 g/mol. The molecule has 0 fully saturated rings. The Hall–Kier alpha value is -2.75. The van der Waals surface area contributed by atoms with Crippen molar-refractivity contribution in [1.82, 2.24) is 15.3 Å². The van der Waals surface area contributed by atoms with Gasteiger partial charge in [0.15, 0.2) is 0 Å². The first-order chi connectivity index (χ1) is 11.4. The van der Waals surface area contributed by atoms with Gasteiger partial charge in [-0.3, -0.25) is 4.79 Å². The summed E-state index contributed by atoms with van der Waals surface area (Å²) in [6.45, 7) is 8.50. The van der Waals surface area contributed by atoms with Crippen molar-refractivity contribution in [3.8, 4) is 0 Å². The zero-order valence-corrected chi connectivity index (χ0v) is 14.5. The molecular formula is C20H21N3O. The summed E-state index contributed by atoms with van der Waals surface area (Å²) in [6, 6.07) is 11.7. The van der Waals surface area contributed by atoms with Crippen molar-refractivity contribution in [2.24, 2.45) is 0 Å². The molecule has 0 radical (unpaired) electrons. The normalized spacial score (nSPS) is 10.8. The summed E-state index contributed by atoms with van der Waals surface area (Å²) in [4.78, 5) is 21.4. The highest BCUT2D eigenvalue weighted by atomic mass is 16.1. The number of amides is 1. The average Bonchev–Trinajstić information content (AvgIpc) is 2.54. The van der Waals surface area contributed by atoms with Gasteiger partial charge in [0.1, 0.15) is 0 Å². The molecule has 4 heteroatoms. The van der Waals surface area contributed by atoms with Gasteiger partial charge in [0.05, 0.1) is 22.4 Å². The third-order valence-electron chi connectivity index (χ3n) is 4.28. The lowest BCUT2D eigenvalue weighted by Crippen LogP contribution is -2.23. The number of rotatable bonds is 3. The Balaban J connectivity index is 1.79. The van der Waals surface area contributed by atoms with Gasteiger partial charge in [0.25, 0.3) is 5.91 Å². The van der Waals surface area contributed by atoms with E-state index in [1.165, 1.54) is 11.1 Å². The molecule has 0 aliphatic rings. The second-order valence-electron chi connectivity index (χ2n) is 6.21.